The van der Waals surface area contributed by atoms with Crippen molar-refractivity contribution in [2.45, 2.75) is 3.79 Å². The number of benzene rings is 1. The van der Waals surface area contributed by atoms with Gasteiger partial charge >= 0.3 is 0 Å². The Kier molecular flexibility index (Phi) is 3.42. The monoisotopic (exact) mass is 236 g/mol. The summed E-state index contributed by atoms with van der Waals surface area (Å²) in [5.74, 6) is -0.0382. The molecule has 2 nitrogen and oxygen atoms in total. The zero-order chi connectivity index (χ0) is 9.90. The lowest BCUT2D eigenvalue weighted by Gasteiger charge is -2.08. The Balaban J connectivity index is 2.90. The number of nitrogens with two attached hydrogens (primary N) is 1. The SMILES string of the molecule is NC(=Nc1ccccc1)C(Cl)(Cl)Cl. The van der Waals surface area contributed by atoms with Gasteiger partial charge in [0, 0.05) is 0 Å². The molecule has 0 aliphatic heterocycles. The summed E-state index contributed by atoms with van der Waals surface area (Å²) in [4.78, 5) is 3.93. The van der Waals surface area contributed by atoms with E-state index >= 15 is 0 Å². The number of alkyl halides is 3. The normalized spacial score (nSPS) is 13.0. The Morgan fingerprint density at radius 3 is 2.15 bits per heavy atom. The van der Waals surface area contributed by atoms with E-state index in [1.54, 1.807) is 12.1 Å². The van der Waals surface area contributed by atoms with Crippen LogP contribution < -0.4 is 5.73 Å². The Hall–Kier alpha value is -0.440. The van der Waals surface area contributed by atoms with Gasteiger partial charge < -0.3 is 5.73 Å². The molecule has 0 heterocycles. The van der Waals surface area contributed by atoms with Crippen LogP contribution in [-0.2, 0) is 0 Å². The highest BCUT2D eigenvalue weighted by Gasteiger charge is 2.25. The van der Waals surface area contributed by atoms with E-state index in [0.717, 1.165) is 0 Å². The second kappa shape index (κ2) is 4.18. The van der Waals surface area contributed by atoms with E-state index < -0.39 is 3.79 Å². The first kappa shape index (κ1) is 10.6. The topological polar surface area (TPSA) is 38.4 Å². The minimum absolute atomic E-state index is 0.0382. The number of hydrogen-bond acceptors (Lipinski definition) is 1. The summed E-state index contributed by atoms with van der Waals surface area (Å²) in [6, 6.07) is 9.05. The molecule has 1 aromatic carbocycles. The number of hydrogen-bond donors (Lipinski definition) is 1. The largest absolute Gasteiger partial charge is 0.384 e. The predicted molar refractivity (Wildman–Crippen MR) is 58.0 cm³/mol. The zero-order valence-electron chi connectivity index (χ0n) is 6.55. The highest BCUT2D eigenvalue weighted by Crippen LogP contribution is 2.27. The van der Waals surface area contributed by atoms with Crippen molar-refractivity contribution in [3.63, 3.8) is 0 Å². The molecule has 0 radical (unpaired) electrons. The van der Waals surface area contributed by atoms with Gasteiger partial charge in [-0.15, -0.1) is 0 Å². The molecule has 13 heavy (non-hydrogen) atoms. The summed E-state index contributed by atoms with van der Waals surface area (Å²) < 4.78 is -1.64. The fraction of sp³-hybridized carbons (Fsp3) is 0.125. The maximum Gasteiger partial charge on any atom is 0.247 e. The van der Waals surface area contributed by atoms with Crippen molar-refractivity contribution in [1.29, 1.82) is 0 Å². The molecule has 70 valence electrons. The molecule has 0 aromatic heterocycles. The number of amidine groups is 1. The number of nitrogens with zero attached hydrogens (tertiary/aromatic N) is 1. The molecule has 5 heteroatoms. The van der Waals surface area contributed by atoms with Gasteiger partial charge in [0.2, 0.25) is 3.79 Å². The molecule has 0 spiro atoms. The maximum atomic E-state index is 5.51. The van der Waals surface area contributed by atoms with Crippen molar-refractivity contribution in [1.82, 2.24) is 0 Å². The maximum absolute atomic E-state index is 5.51. The summed E-state index contributed by atoms with van der Waals surface area (Å²) in [7, 11) is 0. The zero-order valence-corrected chi connectivity index (χ0v) is 8.81. The molecule has 0 saturated carbocycles. The van der Waals surface area contributed by atoms with Crippen LogP contribution in [0.25, 0.3) is 0 Å². The van der Waals surface area contributed by atoms with Gasteiger partial charge in [0.1, 0.15) is 0 Å². The van der Waals surface area contributed by atoms with Crippen molar-refractivity contribution in [2.75, 3.05) is 0 Å². The molecule has 2 N–H and O–H groups in total. The smallest absolute Gasteiger partial charge is 0.247 e. The number of halogens is 3. The van der Waals surface area contributed by atoms with Gasteiger partial charge in [-0.3, -0.25) is 0 Å². The van der Waals surface area contributed by atoms with E-state index in [-0.39, 0.29) is 5.84 Å². The van der Waals surface area contributed by atoms with Crippen LogP contribution in [0.1, 0.15) is 0 Å². The summed E-state index contributed by atoms with van der Waals surface area (Å²) in [6.07, 6.45) is 0. The van der Waals surface area contributed by atoms with Gasteiger partial charge in [-0.1, -0.05) is 53.0 Å². The summed E-state index contributed by atoms with van der Waals surface area (Å²) in [5, 5.41) is 0. The fourth-order valence-electron chi connectivity index (χ4n) is 0.705. The first-order valence-electron chi connectivity index (χ1n) is 3.46. The van der Waals surface area contributed by atoms with E-state index in [4.69, 9.17) is 40.5 Å². The molecule has 0 fully saturated rings. The van der Waals surface area contributed by atoms with Crippen LogP contribution in [0.2, 0.25) is 0 Å². The van der Waals surface area contributed by atoms with Crippen molar-refractivity contribution < 1.29 is 0 Å². The predicted octanol–water partition coefficient (Wildman–Crippen LogP) is 3.05. The van der Waals surface area contributed by atoms with Crippen molar-refractivity contribution >= 4 is 46.3 Å². The van der Waals surface area contributed by atoms with Crippen LogP contribution in [0.4, 0.5) is 5.69 Å². The Bertz CT molecular complexity index is 303. The molecule has 0 aliphatic carbocycles. The van der Waals surface area contributed by atoms with Crippen LogP contribution in [0.15, 0.2) is 35.3 Å². The first-order chi connectivity index (χ1) is 6.00. The number of para-hydroxylation sites is 1. The Morgan fingerprint density at radius 2 is 1.69 bits per heavy atom. The lowest BCUT2D eigenvalue weighted by Crippen LogP contribution is -2.27. The highest BCUT2D eigenvalue weighted by molar-refractivity contribution is 6.76. The first-order valence-corrected chi connectivity index (χ1v) is 4.60. The molecule has 0 bridgehead atoms. The molecule has 0 aliphatic rings. The van der Waals surface area contributed by atoms with Crippen LogP contribution >= 0.6 is 34.8 Å². The summed E-state index contributed by atoms with van der Waals surface area (Å²) >= 11 is 16.5. The van der Waals surface area contributed by atoms with Gasteiger partial charge in [0.25, 0.3) is 0 Å². The van der Waals surface area contributed by atoms with Crippen LogP contribution in [0.5, 0.6) is 0 Å². The minimum Gasteiger partial charge on any atom is -0.384 e. The molecule has 0 unspecified atom stereocenters. The van der Waals surface area contributed by atoms with Gasteiger partial charge in [0.15, 0.2) is 5.84 Å². The Labute approximate surface area is 91.3 Å². The molecular weight excluding hydrogens is 230 g/mol. The van der Waals surface area contributed by atoms with E-state index in [2.05, 4.69) is 4.99 Å². The highest BCUT2D eigenvalue weighted by atomic mass is 35.6. The van der Waals surface area contributed by atoms with E-state index in [9.17, 15) is 0 Å². The number of aliphatic imine (C=N–C) groups is 1. The molecule has 1 rings (SSSR count). The standard InChI is InChI=1S/C8H7Cl3N2/c9-8(10,11)7(12)13-6-4-2-1-3-5-6/h1-5H,(H2,12,13). The summed E-state index contributed by atoms with van der Waals surface area (Å²) in [6.45, 7) is 0. The third-order valence-electron chi connectivity index (χ3n) is 1.30. The third-order valence-corrected chi connectivity index (χ3v) is 1.88. The van der Waals surface area contributed by atoms with Crippen LogP contribution in [0.3, 0.4) is 0 Å². The van der Waals surface area contributed by atoms with E-state index in [0.29, 0.717) is 5.69 Å². The average Bonchev–Trinajstić information content (AvgIpc) is 2.04. The van der Waals surface area contributed by atoms with E-state index in [1.807, 2.05) is 18.2 Å². The van der Waals surface area contributed by atoms with Gasteiger partial charge in [-0.25, -0.2) is 4.99 Å². The Morgan fingerprint density at radius 1 is 1.15 bits per heavy atom. The molecule has 1 aromatic rings. The molecule has 0 atom stereocenters. The lowest BCUT2D eigenvalue weighted by molar-refractivity contribution is 1.38. The number of rotatable bonds is 1. The quantitative estimate of drug-likeness (QED) is 0.455. The van der Waals surface area contributed by atoms with E-state index in [1.165, 1.54) is 0 Å². The average molecular weight is 238 g/mol. The third kappa shape index (κ3) is 3.43. The van der Waals surface area contributed by atoms with Crippen LogP contribution in [-0.4, -0.2) is 9.63 Å². The van der Waals surface area contributed by atoms with Crippen molar-refractivity contribution in [3.05, 3.63) is 30.3 Å². The second-order valence-corrected chi connectivity index (χ2v) is 4.61. The molecule has 0 saturated heterocycles. The van der Waals surface area contributed by atoms with Crippen molar-refractivity contribution in [3.8, 4) is 0 Å². The van der Waals surface area contributed by atoms with Crippen molar-refractivity contribution in [2.24, 2.45) is 10.7 Å². The minimum atomic E-state index is -1.64. The molecular formula is C8H7Cl3N2. The summed E-state index contributed by atoms with van der Waals surface area (Å²) in [5.41, 5.74) is 6.10. The van der Waals surface area contributed by atoms with Gasteiger partial charge in [0.05, 0.1) is 5.69 Å². The van der Waals surface area contributed by atoms with Gasteiger partial charge in [-0.05, 0) is 12.1 Å². The fourth-order valence-corrected chi connectivity index (χ4v) is 0.832. The lowest BCUT2D eigenvalue weighted by atomic mass is 10.3. The van der Waals surface area contributed by atoms with Crippen LogP contribution in [0, 0.1) is 0 Å². The molecule has 0 amide bonds. The van der Waals surface area contributed by atoms with Gasteiger partial charge in [-0.2, -0.15) is 0 Å². The second-order valence-electron chi connectivity index (χ2n) is 2.33.